The molecule has 0 saturated carbocycles. The standard InChI is InChI=1S/C28H29N5O3S/c1-19-10-15-37-27(19)28(36)29-25-16-20(17-32-11-13-33(14-12-32)26(35)18-34)6-7-21(25)8-9-24-22-4-2-3-5-23(22)30-31-24/h2-10,15-16,34H,11-14,17-18H2,1H3,(H,29,36)(H,30,31). The molecule has 1 fully saturated rings. The number of thiophene rings is 1. The Kier molecular flexibility index (Phi) is 7.45. The highest BCUT2D eigenvalue weighted by Gasteiger charge is 2.21. The van der Waals surface area contributed by atoms with Crippen LogP contribution >= 0.6 is 11.3 Å². The van der Waals surface area contributed by atoms with Crippen molar-refractivity contribution in [1.29, 1.82) is 0 Å². The fraction of sp³-hybridized carbons (Fsp3) is 0.250. The molecule has 3 heterocycles. The second-order valence-corrected chi connectivity index (χ2v) is 10.0. The molecule has 2 aromatic carbocycles. The Morgan fingerprint density at radius 3 is 2.68 bits per heavy atom. The number of aromatic amines is 1. The summed E-state index contributed by atoms with van der Waals surface area (Å²) < 4.78 is 0. The number of piperazine rings is 1. The van der Waals surface area contributed by atoms with Crippen molar-refractivity contribution in [3.8, 4) is 0 Å². The molecule has 1 aliphatic heterocycles. The topological polar surface area (TPSA) is 102 Å². The van der Waals surface area contributed by atoms with Gasteiger partial charge in [-0.25, -0.2) is 0 Å². The summed E-state index contributed by atoms with van der Waals surface area (Å²) in [6, 6.07) is 16.0. The molecular weight excluding hydrogens is 486 g/mol. The molecule has 2 aromatic heterocycles. The first-order valence-corrected chi connectivity index (χ1v) is 13.1. The molecular formula is C28H29N5O3S. The zero-order valence-electron chi connectivity index (χ0n) is 20.6. The lowest BCUT2D eigenvalue weighted by molar-refractivity contribution is -0.135. The average molecular weight is 516 g/mol. The van der Waals surface area contributed by atoms with Crippen LogP contribution in [0.3, 0.4) is 0 Å². The number of fused-ring (bicyclic) bond motifs is 1. The van der Waals surface area contributed by atoms with E-state index in [-0.39, 0.29) is 11.8 Å². The third-order valence-electron chi connectivity index (χ3n) is 6.62. The number of carbonyl (C=O) groups is 2. The number of aromatic nitrogens is 2. The Hall–Kier alpha value is -3.79. The van der Waals surface area contributed by atoms with Crippen LogP contribution in [-0.2, 0) is 11.3 Å². The fourth-order valence-electron chi connectivity index (χ4n) is 4.53. The molecule has 5 rings (SSSR count). The predicted octanol–water partition coefficient (Wildman–Crippen LogP) is 3.99. The predicted molar refractivity (Wildman–Crippen MR) is 147 cm³/mol. The van der Waals surface area contributed by atoms with Crippen LogP contribution in [0.5, 0.6) is 0 Å². The normalized spacial score (nSPS) is 14.5. The van der Waals surface area contributed by atoms with Gasteiger partial charge in [0.15, 0.2) is 0 Å². The maximum atomic E-state index is 13.1. The molecule has 0 atom stereocenters. The molecule has 3 N–H and O–H groups in total. The number of aryl methyl sites for hydroxylation is 1. The van der Waals surface area contributed by atoms with Gasteiger partial charge < -0.3 is 15.3 Å². The number of para-hydroxylation sites is 1. The summed E-state index contributed by atoms with van der Waals surface area (Å²) in [4.78, 5) is 29.5. The van der Waals surface area contributed by atoms with Gasteiger partial charge in [0.25, 0.3) is 5.91 Å². The molecule has 1 saturated heterocycles. The van der Waals surface area contributed by atoms with Crippen LogP contribution in [0, 0.1) is 6.92 Å². The molecule has 4 aromatic rings. The van der Waals surface area contributed by atoms with E-state index in [0.29, 0.717) is 24.5 Å². The lowest BCUT2D eigenvalue weighted by atomic mass is 10.1. The van der Waals surface area contributed by atoms with Crippen molar-refractivity contribution in [2.24, 2.45) is 0 Å². The number of nitrogens with one attached hydrogen (secondary N) is 2. The van der Waals surface area contributed by atoms with Gasteiger partial charge in [-0.3, -0.25) is 19.6 Å². The van der Waals surface area contributed by atoms with Crippen molar-refractivity contribution >= 4 is 51.9 Å². The minimum atomic E-state index is -0.449. The minimum absolute atomic E-state index is 0.124. The van der Waals surface area contributed by atoms with Crippen molar-refractivity contribution < 1.29 is 14.7 Å². The third kappa shape index (κ3) is 5.64. The summed E-state index contributed by atoms with van der Waals surface area (Å²) in [6.07, 6.45) is 3.93. The van der Waals surface area contributed by atoms with Crippen molar-refractivity contribution in [2.45, 2.75) is 13.5 Å². The number of rotatable bonds is 7. The number of benzene rings is 2. The summed E-state index contributed by atoms with van der Waals surface area (Å²) in [5.74, 6) is -0.352. The molecule has 0 spiro atoms. The van der Waals surface area contributed by atoms with Crippen LogP contribution < -0.4 is 5.32 Å². The van der Waals surface area contributed by atoms with Crippen molar-refractivity contribution in [3.05, 3.63) is 81.2 Å². The Morgan fingerprint density at radius 1 is 1.11 bits per heavy atom. The van der Waals surface area contributed by atoms with Crippen molar-refractivity contribution in [1.82, 2.24) is 20.0 Å². The maximum Gasteiger partial charge on any atom is 0.266 e. The number of hydrogen-bond acceptors (Lipinski definition) is 6. The van der Waals surface area contributed by atoms with Crippen LogP contribution in [-0.4, -0.2) is 69.7 Å². The average Bonchev–Trinajstić information content (AvgIpc) is 3.54. The molecule has 2 amide bonds. The van der Waals surface area contributed by atoms with Gasteiger partial charge in [0.1, 0.15) is 6.61 Å². The summed E-state index contributed by atoms with van der Waals surface area (Å²) >= 11 is 1.43. The molecule has 9 heteroatoms. The highest BCUT2D eigenvalue weighted by molar-refractivity contribution is 7.12. The number of aliphatic hydroxyl groups is 1. The van der Waals surface area contributed by atoms with Gasteiger partial charge >= 0.3 is 0 Å². The van der Waals surface area contributed by atoms with Crippen LogP contribution in [0.1, 0.15) is 32.1 Å². The number of hydrogen-bond donors (Lipinski definition) is 3. The van der Waals surface area contributed by atoms with E-state index in [0.717, 1.165) is 52.1 Å². The van der Waals surface area contributed by atoms with E-state index in [1.165, 1.54) is 11.3 Å². The second-order valence-electron chi connectivity index (χ2n) is 9.11. The molecule has 0 aliphatic carbocycles. The number of anilines is 1. The summed E-state index contributed by atoms with van der Waals surface area (Å²) in [5.41, 5.74) is 5.45. The van der Waals surface area contributed by atoms with Crippen LogP contribution in [0.4, 0.5) is 5.69 Å². The molecule has 8 nitrogen and oxygen atoms in total. The largest absolute Gasteiger partial charge is 0.387 e. The molecule has 37 heavy (non-hydrogen) atoms. The molecule has 0 bridgehead atoms. The molecule has 0 radical (unpaired) electrons. The Bertz CT molecular complexity index is 1450. The van der Waals surface area contributed by atoms with E-state index in [4.69, 9.17) is 5.11 Å². The Balaban J connectivity index is 1.38. The van der Waals surface area contributed by atoms with Gasteiger partial charge in [-0.2, -0.15) is 5.10 Å². The molecule has 1 aliphatic rings. The number of nitrogens with zero attached hydrogens (tertiary/aromatic N) is 3. The van der Waals surface area contributed by atoms with Crippen LogP contribution in [0.2, 0.25) is 0 Å². The Labute approximate surface area is 219 Å². The van der Waals surface area contributed by atoms with E-state index in [9.17, 15) is 9.59 Å². The SMILES string of the molecule is Cc1ccsc1C(=O)Nc1cc(CN2CCN(C(=O)CO)CC2)ccc1C=Cc1n[nH]c2ccccc12. The van der Waals surface area contributed by atoms with Crippen LogP contribution in [0.25, 0.3) is 23.1 Å². The van der Waals surface area contributed by atoms with E-state index < -0.39 is 6.61 Å². The van der Waals surface area contributed by atoms with Gasteiger partial charge in [0, 0.05) is 43.8 Å². The lowest BCUT2D eigenvalue weighted by Crippen LogP contribution is -2.49. The zero-order chi connectivity index (χ0) is 25.8. The van der Waals surface area contributed by atoms with Crippen molar-refractivity contribution in [3.63, 3.8) is 0 Å². The fourth-order valence-corrected chi connectivity index (χ4v) is 5.35. The second kappa shape index (κ2) is 11.1. The van der Waals surface area contributed by atoms with Gasteiger partial charge in [-0.15, -0.1) is 11.3 Å². The maximum absolute atomic E-state index is 13.1. The smallest absolute Gasteiger partial charge is 0.266 e. The van der Waals surface area contributed by atoms with E-state index in [1.807, 2.05) is 66.9 Å². The van der Waals surface area contributed by atoms with Gasteiger partial charge in [-0.05, 0) is 53.3 Å². The van der Waals surface area contributed by atoms with E-state index in [1.54, 1.807) is 4.90 Å². The minimum Gasteiger partial charge on any atom is -0.387 e. The number of carbonyl (C=O) groups excluding carboxylic acids is 2. The monoisotopic (exact) mass is 515 g/mol. The quantitative estimate of drug-likeness (QED) is 0.346. The summed E-state index contributed by atoms with van der Waals surface area (Å²) in [7, 11) is 0. The highest BCUT2D eigenvalue weighted by atomic mass is 32.1. The van der Waals surface area contributed by atoms with E-state index in [2.05, 4.69) is 26.5 Å². The molecule has 190 valence electrons. The lowest BCUT2D eigenvalue weighted by Gasteiger charge is -2.34. The zero-order valence-corrected chi connectivity index (χ0v) is 21.4. The van der Waals surface area contributed by atoms with Crippen LogP contribution in [0.15, 0.2) is 53.9 Å². The Morgan fingerprint density at radius 2 is 1.92 bits per heavy atom. The molecule has 0 unspecified atom stereocenters. The first-order valence-electron chi connectivity index (χ1n) is 12.2. The number of amides is 2. The third-order valence-corrected chi connectivity index (χ3v) is 7.64. The summed E-state index contributed by atoms with van der Waals surface area (Å²) in [6.45, 7) is 4.85. The first-order chi connectivity index (χ1) is 18.0. The van der Waals surface area contributed by atoms with Crippen molar-refractivity contribution in [2.75, 3.05) is 38.1 Å². The summed E-state index contributed by atoms with van der Waals surface area (Å²) in [5, 5.41) is 22.7. The van der Waals surface area contributed by atoms with Gasteiger partial charge in [0.05, 0.1) is 16.1 Å². The van der Waals surface area contributed by atoms with E-state index >= 15 is 0 Å². The first kappa shape index (κ1) is 24.9. The van der Waals surface area contributed by atoms with Gasteiger partial charge in [-0.1, -0.05) is 36.4 Å². The van der Waals surface area contributed by atoms with Gasteiger partial charge in [0.2, 0.25) is 5.91 Å². The highest BCUT2D eigenvalue weighted by Crippen LogP contribution is 2.25. The number of aliphatic hydroxyl groups excluding tert-OH is 1. The number of H-pyrrole nitrogens is 1.